The van der Waals surface area contributed by atoms with Gasteiger partial charge >= 0.3 is 0 Å². The molecule has 25 heteroatoms. The van der Waals surface area contributed by atoms with Gasteiger partial charge in [0.15, 0.2) is 34.7 Å². The number of ketones is 6. The van der Waals surface area contributed by atoms with Crippen LogP contribution in [-0.4, -0.2) is 215 Å². The number of aliphatic hydroxyl groups excluding tert-OH is 12. The topological polar surface area (TPSA) is 527 Å². The second-order valence-electron chi connectivity index (χ2n) is 18.2. The minimum Gasteiger partial charge on any atom is -0.395 e. The summed E-state index contributed by atoms with van der Waals surface area (Å²) in [7, 11) is 0. The van der Waals surface area contributed by atoms with Gasteiger partial charge in [0, 0.05) is 74.1 Å². The molecule has 0 aromatic heterocycles. The van der Waals surface area contributed by atoms with Crippen molar-refractivity contribution in [3.63, 3.8) is 0 Å². The van der Waals surface area contributed by atoms with Crippen LogP contribution < -0.4 is 40.1 Å². The molecule has 0 aliphatic rings. The Kier molecular flexibility index (Phi) is 49.2. The maximum absolute atomic E-state index is 11.1. The fourth-order valence-electron chi connectivity index (χ4n) is 4.57. The second kappa shape index (κ2) is 43.8. The van der Waals surface area contributed by atoms with E-state index in [-0.39, 0.29) is 117 Å². The van der Waals surface area contributed by atoms with E-state index in [1.54, 1.807) is 83.1 Å². The average Bonchev–Trinajstić information content (AvgIpc) is 3.32. The Morgan fingerprint density at radius 2 is 0.671 bits per heavy atom. The van der Waals surface area contributed by atoms with E-state index in [2.05, 4.69) is 0 Å². The second-order valence-corrected chi connectivity index (χ2v) is 18.2. The first-order valence-corrected chi connectivity index (χ1v) is 23.2. The summed E-state index contributed by atoms with van der Waals surface area (Å²) in [5.74, 6) is -3.58. The number of carbonyl (C=O) groups is 6. The number of carbonyl (C=O) groups excluding carboxylic acids is 6. The number of hydrogen-bond acceptors (Lipinski definition) is 25. The van der Waals surface area contributed by atoms with Crippen LogP contribution in [0, 0.1) is 35.5 Å². The molecule has 0 saturated heterocycles. The summed E-state index contributed by atoms with van der Waals surface area (Å²) >= 11 is 0. The molecule has 420 valence electrons. The fourth-order valence-corrected chi connectivity index (χ4v) is 4.57. The maximum Gasteiger partial charge on any atom is 0.166 e. The zero-order valence-corrected chi connectivity index (χ0v) is 43.5. The molecule has 0 spiro atoms. The van der Waals surface area contributed by atoms with Gasteiger partial charge in [0.1, 0.15) is 42.7 Å². The largest absolute Gasteiger partial charge is 0.395 e. The zero-order valence-electron chi connectivity index (χ0n) is 43.5. The number of rotatable bonds is 27. The van der Waals surface area contributed by atoms with Crippen LogP contribution in [0.15, 0.2) is 0 Å². The first kappa shape index (κ1) is 78.7. The lowest BCUT2D eigenvalue weighted by Gasteiger charge is -2.21. The summed E-state index contributed by atoms with van der Waals surface area (Å²) in [4.78, 5) is 66.4. The molecule has 0 saturated carbocycles. The lowest BCUT2D eigenvalue weighted by atomic mass is 9.97. The van der Waals surface area contributed by atoms with Crippen LogP contribution in [0.5, 0.6) is 0 Å². The Morgan fingerprint density at radius 3 is 0.943 bits per heavy atom. The van der Waals surface area contributed by atoms with E-state index in [9.17, 15) is 59.4 Å². The third-order valence-corrected chi connectivity index (χ3v) is 9.65. The monoisotopic (exact) mass is 1020 g/mol. The van der Waals surface area contributed by atoms with Gasteiger partial charge in [0.2, 0.25) is 0 Å². The van der Waals surface area contributed by atoms with Crippen molar-refractivity contribution in [2.45, 2.75) is 175 Å². The van der Waals surface area contributed by atoms with E-state index < -0.39 is 85.0 Å². The molecule has 0 bridgehead atoms. The first-order chi connectivity index (χ1) is 31.9. The lowest BCUT2D eigenvalue weighted by Crippen LogP contribution is -2.46. The lowest BCUT2D eigenvalue weighted by molar-refractivity contribution is -0.141. The fraction of sp³-hybridized carbons (Fsp3) is 0.867. The van der Waals surface area contributed by atoms with Crippen molar-refractivity contribution in [3.8, 4) is 0 Å². The van der Waals surface area contributed by atoms with E-state index >= 15 is 0 Å². The molecule has 70 heavy (non-hydrogen) atoms. The van der Waals surface area contributed by atoms with Gasteiger partial charge in [-0.05, 0) is 13.0 Å². The summed E-state index contributed by atoms with van der Waals surface area (Å²) in [6.45, 7) is 19.9. The summed E-state index contributed by atoms with van der Waals surface area (Å²) in [5, 5.41) is 109. The van der Waals surface area contributed by atoms with Crippen LogP contribution in [0.2, 0.25) is 0 Å². The normalized spacial score (nSPS) is 16.8. The van der Waals surface area contributed by atoms with Crippen molar-refractivity contribution >= 4 is 34.7 Å². The summed E-state index contributed by atoms with van der Waals surface area (Å²) in [6.07, 6.45) is -13.0. The number of hydrogen-bond donors (Lipinski definition) is 19. The molecular weight excluding hydrogens is 927 g/mol. The van der Waals surface area contributed by atoms with Gasteiger partial charge < -0.3 is 101 Å². The zero-order chi connectivity index (χ0) is 57.1. The molecule has 0 aliphatic carbocycles. The minimum atomic E-state index is -1.56. The molecule has 0 amide bonds. The quantitative estimate of drug-likeness (QED) is 0.0364. The van der Waals surface area contributed by atoms with Gasteiger partial charge in [-0.25, -0.2) is 0 Å². The standard InChI is InChI=1S/C8H17NO4.2C8H17NO3.C7H16N2O2.2C7H15NO3/c1-4(2)6(11)8(13)7(12)5(10)3-9;1-5(2)8(12)7(11)3-6(10)4-9;1-5(2)7(11)8(12)6(10)3-4-9;1-4(2)6(10)7(11)5(9)3-8;1-4(2)6(10)7(11)5(8)3-9;1-4(2)6(10)7(11)5(9)3-8/h4-5,7-8,10,12-13H,3,9H2,1-2H3;5-7,10-11H,3-4,9H2,1-2H3;5-6,8,10,12H,3-4,9H2,1-2H3;4-5,7,11H,3,8-9H2,1-2H3;2*4-5,7,9,11H,3,8H2,1-2H3/t5?,7?,8-;6?,7-;6?,8-;3*5?,7-/m100000/s1. The number of nitrogens with two attached hydrogens (primary N) is 7. The smallest absolute Gasteiger partial charge is 0.166 e. The molecule has 0 radical (unpaired) electrons. The van der Waals surface area contributed by atoms with Crippen molar-refractivity contribution in [1.29, 1.82) is 0 Å². The van der Waals surface area contributed by atoms with Crippen molar-refractivity contribution in [2.75, 3.05) is 39.3 Å². The van der Waals surface area contributed by atoms with E-state index in [0.29, 0.717) is 0 Å². The van der Waals surface area contributed by atoms with Gasteiger partial charge in [-0.1, -0.05) is 83.1 Å². The Labute approximate surface area is 414 Å². The van der Waals surface area contributed by atoms with Crippen LogP contribution in [0.1, 0.15) is 95.9 Å². The molecule has 0 heterocycles. The SMILES string of the molecule is CC(C)C(=O)[C@@H](O)C(N)CN.CC(C)C(=O)[C@@H](O)C(N)CO.CC(C)C(=O)[C@@H](O)C(O)C(O)CN.CC(C)C(=O)[C@@H](O)C(O)CCN.CC(C)C(=O)[C@@H](O)C(O)CN.CC(C)C(=O)[C@@H](O)CC(O)CN. The molecule has 25 nitrogen and oxygen atoms in total. The highest BCUT2D eigenvalue weighted by atomic mass is 16.4. The van der Waals surface area contributed by atoms with E-state index in [1.807, 2.05) is 0 Å². The molecule has 0 aromatic rings. The molecule has 0 fully saturated rings. The van der Waals surface area contributed by atoms with E-state index in [1.165, 1.54) is 0 Å². The van der Waals surface area contributed by atoms with Crippen molar-refractivity contribution in [2.24, 2.45) is 75.6 Å². The molecule has 0 aliphatic heterocycles. The first-order valence-electron chi connectivity index (χ1n) is 23.2. The van der Waals surface area contributed by atoms with Crippen LogP contribution in [0.3, 0.4) is 0 Å². The third-order valence-electron chi connectivity index (χ3n) is 9.65. The Morgan fingerprint density at radius 1 is 0.371 bits per heavy atom. The Hall–Kier alpha value is -2.74. The van der Waals surface area contributed by atoms with Gasteiger partial charge in [0.25, 0.3) is 0 Å². The van der Waals surface area contributed by atoms with Gasteiger partial charge in [-0.15, -0.1) is 0 Å². The third kappa shape index (κ3) is 36.2. The minimum absolute atomic E-state index is 0.0352. The number of aliphatic hydroxyl groups is 12. The Balaban J connectivity index is -0.000000176. The Bertz CT molecular complexity index is 1320. The van der Waals surface area contributed by atoms with Crippen molar-refractivity contribution in [3.05, 3.63) is 0 Å². The van der Waals surface area contributed by atoms with Crippen molar-refractivity contribution < 1.29 is 90.0 Å². The summed E-state index contributed by atoms with van der Waals surface area (Å²) in [5.41, 5.74) is 36.2. The van der Waals surface area contributed by atoms with Gasteiger partial charge in [-0.2, -0.15) is 0 Å². The summed E-state index contributed by atoms with van der Waals surface area (Å²) < 4.78 is 0. The van der Waals surface area contributed by atoms with Crippen LogP contribution in [0.4, 0.5) is 0 Å². The predicted octanol–water partition coefficient (Wildman–Crippen LogP) is -6.54. The molecule has 13 atom stereocenters. The molecule has 7 unspecified atom stereocenters. The van der Waals surface area contributed by atoms with Gasteiger partial charge in [0.05, 0.1) is 37.1 Å². The predicted molar refractivity (Wildman–Crippen MR) is 263 cm³/mol. The maximum atomic E-state index is 11.1. The average molecular weight is 1020 g/mol. The van der Waals surface area contributed by atoms with Crippen LogP contribution in [-0.2, 0) is 28.8 Å². The highest BCUT2D eigenvalue weighted by Crippen LogP contribution is 2.09. The highest BCUT2D eigenvalue weighted by Gasteiger charge is 2.31. The number of Topliss-reactive ketones (excluding diaryl/α,β-unsaturated/α-hetero) is 6. The van der Waals surface area contributed by atoms with Crippen molar-refractivity contribution in [1.82, 2.24) is 0 Å². The van der Waals surface area contributed by atoms with E-state index in [4.69, 9.17) is 70.8 Å². The van der Waals surface area contributed by atoms with E-state index in [0.717, 1.165) is 0 Å². The molecule has 26 N–H and O–H groups in total. The summed E-state index contributed by atoms with van der Waals surface area (Å²) in [6, 6.07) is -1.49. The van der Waals surface area contributed by atoms with Crippen LogP contribution >= 0.6 is 0 Å². The van der Waals surface area contributed by atoms with Gasteiger partial charge in [-0.3, -0.25) is 28.8 Å². The highest BCUT2D eigenvalue weighted by molar-refractivity contribution is 5.87. The molecular formula is C45H97N7O18. The molecule has 0 rings (SSSR count). The van der Waals surface area contributed by atoms with Crippen LogP contribution in [0.25, 0.3) is 0 Å². The molecule has 0 aromatic carbocycles.